The van der Waals surface area contributed by atoms with E-state index in [1.54, 1.807) is 29.7 Å². The van der Waals surface area contributed by atoms with E-state index >= 15 is 0 Å². The molecule has 2 amide bonds. The SMILES string of the molecule is O=C(NN1C(=O)/C(=C\c2cn(Cc3ccc(Cl)cc3Cl)c3ccccc23)SC1=S)c1cccs1. The first-order valence-electron chi connectivity index (χ1n) is 10.0. The summed E-state index contributed by atoms with van der Waals surface area (Å²) in [7, 11) is 0. The monoisotopic (exact) mass is 543 g/mol. The molecule has 1 aliphatic rings. The molecule has 5 rings (SSSR count). The van der Waals surface area contributed by atoms with Crippen LogP contribution >= 0.6 is 58.5 Å². The summed E-state index contributed by atoms with van der Waals surface area (Å²) in [6, 6.07) is 16.8. The van der Waals surface area contributed by atoms with Crippen molar-refractivity contribution in [2.45, 2.75) is 6.54 Å². The second-order valence-corrected chi connectivity index (χ2v) is 10.9. The molecule has 4 aromatic rings. The van der Waals surface area contributed by atoms with Gasteiger partial charge in [0.25, 0.3) is 11.8 Å². The Morgan fingerprint density at radius 1 is 1.12 bits per heavy atom. The molecule has 3 heterocycles. The van der Waals surface area contributed by atoms with Crippen LogP contribution in [0.4, 0.5) is 0 Å². The number of halogens is 2. The zero-order chi connectivity index (χ0) is 23.8. The Kier molecular flexibility index (Phi) is 6.50. The Bertz CT molecular complexity index is 1480. The van der Waals surface area contributed by atoms with E-state index in [2.05, 4.69) is 9.99 Å². The summed E-state index contributed by atoms with van der Waals surface area (Å²) < 4.78 is 2.35. The van der Waals surface area contributed by atoms with Crippen LogP contribution < -0.4 is 5.43 Å². The Morgan fingerprint density at radius 3 is 2.71 bits per heavy atom. The van der Waals surface area contributed by atoms with Gasteiger partial charge in [0, 0.05) is 39.3 Å². The fourth-order valence-electron chi connectivity index (χ4n) is 3.62. The standard InChI is InChI=1S/C24H15Cl2N3O2S3/c25-16-8-7-14(18(26)11-16)12-28-13-15(17-4-1-2-5-19(17)28)10-21-23(31)29(24(32)34-21)27-22(30)20-6-3-9-33-20/h1-11,13H,12H2,(H,27,30)/b21-10+. The number of hydrogen-bond acceptors (Lipinski definition) is 5. The van der Waals surface area contributed by atoms with Crippen LogP contribution in [0, 0.1) is 0 Å². The lowest BCUT2D eigenvalue weighted by Gasteiger charge is -2.14. The second kappa shape index (κ2) is 9.56. The molecule has 34 heavy (non-hydrogen) atoms. The molecule has 10 heteroatoms. The largest absolute Gasteiger partial charge is 0.342 e. The van der Waals surface area contributed by atoms with E-state index in [0.29, 0.717) is 26.4 Å². The van der Waals surface area contributed by atoms with Crippen molar-refractivity contribution in [1.82, 2.24) is 15.0 Å². The van der Waals surface area contributed by atoms with Gasteiger partial charge in [-0.25, -0.2) is 0 Å². The average Bonchev–Trinajstić information content (AvgIpc) is 3.53. The molecule has 0 unspecified atom stereocenters. The van der Waals surface area contributed by atoms with Crippen LogP contribution in [0.2, 0.25) is 10.0 Å². The van der Waals surface area contributed by atoms with Gasteiger partial charge in [-0.2, -0.15) is 5.01 Å². The number of nitrogens with zero attached hydrogens (tertiary/aromatic N) is 2. The van der Waals surface area contributed by atoms with Gasteiger partial charge in [0.15, 0.2) is 4.32 Å². The first-order valence-corrected chi connectivity index (χ1v) is 12.9. The molecule has 2 aromatic carbocycles. The minimum absolute atomic E-state index is 0.276. The lowest BCUT2D eigenvalue weighted by Crippen LogP contribution is -2.44. The number of benzene rings is 2. The van der Waals surface area contributed by atoms with E-state index in [1.165, 1.54) is 11.3 Å². The molecule has 0 bridgehead atoms. The molecule has 170 valence electrons. The predicted octanol–water partition coefficient (Wildman–Crippen LogP) is 6.60. The molecule has 0 atom stereocenters. The number of aromatic nitrogens is 1. The zero-order valence-electron chi connectivity index (χ0n) is 17.3. The normalized spacial score (nSPS) is 15.0. The van der Waals surface area contributed by atoms with Gasteiger partial charge in [0.2, 0.25) is 0 Å². The highest BCUT2D eigenvalue weighted by molar-refractivity contribution is 8.26. The van der Waals surface area contributed by atoms with E-state index < -0.39 is 0 Å². The molecular weight excluding hydrogens is 529 g/mol. The molecule has 1 N–H and O–H groups in total. The van der Waals surface area contributed by atoms with Crippen LogP contribution in [-0.4, -0.2) is 25.7 Å². The number of para-hydroxylation sites is 1. The molecule has 0 radical (unpaired) electrons. The van der Waals surface area contributed by atoms with Crippen LogP contribution in [0.5, 0.6) is 0 Å². The maximum atomic E-state index is 13.0. The van der Waals surface area contributed by atoms with E-state index in [-0.39, 0.29) is 16.1 Å². The molecule has 0 saturated carbocycles. The van der Waals surface area contributed by atoms with Crippen LogP contribution in [-0.2, 0) is 11.3 Å². The highest BCUT2D eigenvalue weighted by Crippen LogP contribution is 2.34. The molecule has 1 fully saturated rings. The average molecular weight is 545 g/mol. The highest BCUT2D eigenvalue weighted by Gasteiger charge is 2.34. The van der Waals surface area contributed by atoms with Crippen molar-refractivity contribution in [2.75, 3.05) is 0 Å². The Hall–Kier alpha value is -2.62. The lowest BCUT2D eigenvalue weighted by molar-refractivity contribution is -0.123. The first-order chi connectivity index (χ1) is 16.4. The summed E-state index contributed by atoms with van der Waals surface area (Å²) in [5.74, 6) is -0.735. The van der Waals surface area contributed by atoms with E-state index in [9.17, 15) is 9.59 Å². The minimum atomic E-state index is -0.371. The lowest BCUT2D eigenvalue weighted by atomic mass is 10.1. The van der Waals surface area contributed by atoms with Gasteiger partial charge in [-0.05, 0) is 53.5 Å². The number of carbonyl (C=O) groups is 2. The number of nitrogens with one attached hydrogen (secondary N) is 1. The van der Waals surface area contributed by atoms with Gasteiger partial charge >= 0.3 is 0 Å². The van der Waals surface area contributed by atoms with Crippen LogP contribution in [0.3, 0.4) is 0 Å². The number of amides is 2. The molecule has 5 nitrogen and oxygen atoms in total. The van der Waals surface area contributed by atoms with Crippen molar-refractivity contribution in [3.05, 3.63) is 97.1 Å². The highest BCUT2D eigenvalue weighted by atomic mass is 35.5. The Balaban J connectivity index is 1.45. The van der Waals surface area contributed by atoms with Crippen molar-refractivity contribution < 1.29 is 9.59 Å². The number of thiophene rings is 1. The van der Waals surface area contributed by atoms with Crippen molar-refractivity contribution in [1.29, 1.82) is 0 Å². The van der Waals surface area contributed by atoms with Crippen molar-refractivity contribution in [3.8, 4) is 0 Å². The predicted molar refractivity (Wildman–Crippen MR) is 144 cm³/mol. The summed E-state index contributed by atoms with van der Waals surface area (Å²) >= 11 is 20.2. The number of carbonyl (C=O) groups excluding carboxylic acids is 2. The number of hydrogen-bond donors (Lipinski definition) is 1. The fourth-order valence-corrected chi connectivity index (χ4v) is 5.88. The van der Waals surface area contributed by atoms with Crippen LogP contribution in [0.25, 0.3) is 17.0 Å². The maximum absolute atomic E-state index is 13.0. The van der Waals surface area contributed by atoms with Crippen molar-refractivity contribution in [2.24, 2.45) is 0 Å². The van der Waals surface area contributed by atoms with Crippen LogP contribution in [0.1, 0.15) is 20.8 Å². The third-order valence-corrected chi connectivity index (χ3v) is 7.97. The molecule has 0 aliphatic carbocycles. The summed E-state index contributed by atoms with van der Waals surface area (Å²) in [6.07, 6.45) is 3.78. The summed E-state index contributed by atoms with van der Waals surface area (Å²) in [6.45, 7) is 0.544. The maximum Gasteiger partial charge on any atom is 0.285 e. The molecule has 2 aromatic heterocycles. The molecule has 1 aliphatic heterocycles. The second-order valence-electron chi connectivity index (χ2n) is 7.40. The number of hydrazine groups is 1. The summed E-state index contributed by atoms with van der Waals surface area (Å²) in [4.78, 5) is 26.4. The van der Waals surface area contributed by atoms with Gasteiger partial charge in [-0.1, -0.05) is 65.3 Å². The Labute approximate surface area is 218 Å². The third kappa shape index (κ3) is 4.52. The molecule has 1 saturated heterocycles. The van der Waals surface area contributed by atoms with Gasteiger partial charge in [-0.3, -0.25) is 15.0 Å². The van der Waals surface area contributed by atoms with E-state index in [0.717, 1.165) is 38.8 Å². The van der Waals surface area contributed by atoms with Gasteiger partial charge in [0.05, 0.1) is 9.78 Å². The summed E-state index contributed by atoms with van der Waals surface area (Å²) in [5.41, 5.74) is 5.40. The number of rotatable bonds is 5. The molecule has 0 spiro atoms. The number of fused-ring (bicyclic) bond motifs is 1. The quantitative estimate of drug-likeness (QED) is 0.227. The van der Waals surface area contributed by atoms with Gasteiger partial charge in [0.1, 0.15) is 0 Å². The first kappa shape index (κ1) is 23.1. The summed E-state index contributed by atoms with van der Waals surface area (Å²) in [5, 5.41) is 5.08. The number of thiocarbonyl (C=S) groups is 1. The zero-order valence-corrected chi connectivity index (χ0v) is 21.3. The number of thioether (sulfide) groups is 1. The van der Waals surface area contributed by atoms with Crippen LogP contribution in [0.15, 0.2) is 71.1 Å². The Morgan fingerprint density at radius 2 is 1.94 bits per heavy atom. The fraction of sp³-hybridized carbons (Fsp3) is 0.0417. The topological polar surface area (TPSA) is 54.3 Å². The van der Waals surface area contributed by atoms with E-state index in [4.69, 9.17) is 35.4 Å². The van der Waals surface area contributed by atoms with Gasteiger partial charge in [-0.15, -0.1) is 11.3 Å². The van der Waals surface area contributed by atoms with E-state index in [1.807, 2.05) is 42.6 Å². The minimum Gasteiger partial charge on any atom is -0.342 e. The smallest absolute Gasteiger partial charge is 0.285 e. The third-order valence-electron chi connectivity index (χ3n) is 5.21. The van der Waals surface area contributed by atoms with Gasteiger partial charge < -0.3 is 4.57 Å². The van der Waals surface area contributed by atoms with Crippen molar-refractivity contribution in [3.63, 3.8) is 0 Å². The molecular formula is C24H15Cl2N3O2S3. The van der Waals surface area contributed by atoms with Crippen molar-refractivity contribution >= 4 is 91.6 Å².